The van der Waals surface area contributed by atoms with Crippen LogP contribution in [0.2, 0.25) is 0 Å². The second kappa shape index (κ2) is 6.42. The number of carbonyl (C=O) groups excluding carboxylic acids is 1. The first kappa shape index (κ1) is 16.7. The molecule has 0 saturated carbocycles. The number of carbonyl (C=O) groups is 2. The summed E-state index contributed by atoms with van der Waals surface area (Å²) >= 11 is 0. The third-order valence-corrected chi connectivity index (χ3v) is 2.46. The van der Waals surface area contributed by atoms with Gasteiger partial charge in [-0.25, -0.2) is 9.18 Å². The van der Waals surface area contributed by atoms with Crippen LogP contribution in [0, 0.1) is 5.82 Å². The SMILES string of the molecule is COc1cccc(F)c1C(=O)NC(CC(F)(F)F)C(=O)O. The minimum absolute atomic E-state index is 0.219. The molecule has 0 aliphatic carbocycles. The molecule has 1 aromatic carbocycles. The smallest absolute Gasteiger partial charge is 0.391 e. The second-order valence-corrected chi connectivity index (χ2v) is 4.00. The zero-order valence-corrected chi connectivity index (χ0v) is 10.7. The van der Waals surface area contributed by atoms with Gasteiger partial charge < -0.3 is 15.2 Å². The Morgan fingerprint density at radius 1 is 1.38 bits per heavy atom. The molecule has 0 aliphatic rings. The van der Waals surface area contributed by atoms with Crippen molar-refractivity contribution < 1.29 is 37.0 Å². The lowest BCUT2D eigenvalue weighted by molar-refractivity contribution is -0.157. The molecule has 0 saturated heterocycles. The van der Waals surface area contributed by atoms with Crippen LogP contribution in [0.4, 0.5) is 17.6 Å². The van der Waals surface area contributed by atoms with Gasteiger partial charge in [0.1, 0.15) is 23.2 Å². The molecule has 0 bridgehead atoms. The van der Waals surface area contributed by atoms with Gasteiger partial charge in [0, 0.05) is 0 Å². The van der Waals surface area contributed by atoms with Crippen LogP contribution in [0.3, 0.4) is 0 Å². The molecule has 1 rings (SSSR count). The van der Waals surface area contributed by atoms with E-state index in [2.05, 4.69) is 0 Å². The number of ether oxygens (including phenoxy) is 1. The van der Waals surface area contributed by atoms with E-state index in [4.69, 9.17) is 9.84 Å². The van der Waals surface area contributed by atoms with E-state index in [1.54, 1.807) is 5.32 Å². The lowest BCUT2D eigenvalue weighted by atomic mass is 10.1. The fourth-order valence-corrected chi connectivity index (χ4v) is 1.56. The summed E-state index contributed by atoms with van der Waals surface area (Å²) in [4.78, 5) is 22.5. The summed E-state index contributed by atoms with van der Waals surface area (Å²) in [6, 6.07) is 1.13. The molecular weight excluding hydrogens is 298 g/mol. The van der Waals surface area contributed by atoms with Crippen LogP contribution in [0.25, 0.3) is 0 Å². The zero-order chi connectivity index (χ0) is 16.2. The lowest BCUT2D eigenvalue weighted by Gasteiger charge is -2.17. The van der Waals surface area contributed by atoms with Crippen LogP contribution in [0.1, 0.15) is 16.8 Å². The number of amides is 1. The van der Waals surface area contributed by atoms with Crippen molar-refractivity contribution in [3.8, 4) is 5.75 Å². The van der Waals surface area contributed by atoms with Gasteiger partial charge >= 0.3 is 12.1 Å². The fraction of sp³-hybridized carbons (Fsp3) is 0.333. The number of methoxy groups -OCH3 is 1. The topological polar surface area (TPSA) is 75.6 Å². The summed E-state index contributed by atoms with van der Waals surface area (Å²) < 4.78 is 55.0. The Bertz CT molecular complexity index is 545. The molecular formula is C12H11F4NO4. The Morgan fingerprint density at radius 2 is 2.00 bits per heavy atom. The highest BCUT2D eigenvalue weighted by Gasteiger charge is 2.37. The summed E-state index contributed by atoms with van der Waals surface area (Å²) in [5, 5.41) is 10.3. The number of benzene rings is 1. The summed E-state index contributed by atoms with van der Waals surface area (Å²) in [5.74, 6) is -4.44. The van der Waals surface area contributed by atoms with E-state index in [1.165, 1.54) is 12.1 Å². The number of halogens is 4. The van der Waals surface area contributed by atoms with E-state index in [1.807, 2.05) is 0 Å². The summed E-state index contributed by atoms with van der Waals surface area (Å²) in [5.41, 5.74) is -0.659. The number of alkyl halides is 3. The van der Waals surface area contributed by atoms with Crippen LogP contribution in [0.15, 0.2) is 18.2 Å². The largest absolute Gasteiger partial charge is 0.496 e. The number of rotatable bonds is 5. The first-order chi connectivity index (χ1) is 9.65. The second-order valence-electron chi connectivity index (χ2n) is 4.00. The summed E-state index contributed by atoms with van der Waals surface area (Å²) in [6.45, 7) is 0. The number of carboxylic acid groups (broad SMARTS) is 1. The molecule has 0 heterocycles. The van der Waals surface area contributed by atoms with Gasteiger partial charge in [-0.15, -0.1) is 0 Å². The van der Waals surface area contributed by atoms with Crippen molar-refractivity contribution in [2.75, 3.05) is 7.11 Å². The Hall–Kier alpha value is -2.32. The predicted octanol–water partition coefficient (Wildman–Crippen LogP) is 1.97. The summed E-state index contributed by atoms with van der Waals surface area (Å²) in [6.07, 6.45) is -6.57. The highest BCUT2D eigenvalue weighted by molar-refractivity contribution is 5.99. The van der Waals surface area contributed by atoms with Gasteiger partial charge in [0.05, 0.1) is 13.5 Å². The van der Waals surface area contributed by atoms with Crippen LogP contribution in [-0.2, 0) is 4.79 Å². The quantitative estimate of drug-likeness (QED) is 0.815. The maximum atomic E-state index is 13.6. The molecule has 116 valence electrons. The van der Waals surface area contributed by atoms with Crippen molar-refractivity contribution in [1.82, 2.24) is 5.32 Å². The third-order valence-electron chi connectivity index (χ3n) is 2.46. The van der Waals surface area contributed by atoms with Crippen LogP contribution < -0.4 is 10.1 Å². The Balaban J connectivity index is 3.01. The molecule has 1 unspecified atom stereocenters. The van der Waals surface area contributed by atoms with E-state index < -0.39 is 41.9 Å². The minimum atomic E-state index is -4.80. The molecule has 5 nitrogen and oxygen atoms in total. The number of hydrogen-bond acceptors (Lipinski definition) is 3. The highest BCUT2D eigenvalue weighted by Crippen LogP contribution is 2.24. The van der Waals surface area contributed by atoms with Gasteiger partial charge in [-0.1, -0.05) is 6.07 Å². The molecule has 0 fully saturated rings. The first-order valence-electron chi connectivity index (χ1n) is 5.58. The number of aliphatic carboxylic acids is 1. The van der Waals surface area contributed by atoms with Gasteiger partial charge in [0.15, 0.2) is 0 Å². The van der Waals surface area contributed by atoms with Gasteiger partial charge in [-0.2, -0.15) is 13.2 Å². The Labute approximate surface area is 116 Å². The van der Waals surface area contributed by atoms with E-state index in [9.17, 15) is 27.2 Å². The number of carboxylic acids is 1. The van der Waals surface area contributed by atoms with Crippen molar-refractivity contribution in [3.05, 3.63) is 29.6 Å². The molecule has 1 aromatic rings. The Kier molecular flexibility index (Phi) is 5.12. The highest BCUT2D eigenvalue weighted by atomic mass is 19.4. The van der Waals surface area contributed by atoms with Crippen molar-refractivity contribution in [1.29, 1.82) is 0 Å². The lowest BCUT2D eigenvalue weighted by Crippen LogP contribution is -2.43. The third kappa shape index (κ3) is 4.62. The fourth-order valence-electron chi connectivity index (χ4n) is 1.56. The van der Waals surface area contributed by atoms with E-state index in [0.717, 1.165) is 13.2 Å². The zero-order valence-electron chi connectivity index (χ0n) is 10.7. The van der Waals surface area contributed by atoms with Crippen molar-refractivity contribution in [2.24, 2.45) is 0 Å². The minimum Gasteiger partial charge on any atom is -0.496 e. The van der Waals surface area contributed by atoms with E-state index >= 15 is 0 Å². The maximum Gasteiger partial charge on any atom is 0.391 e. The van der Waals surface area contributed by atoms with E-state index in [0.29, 0.717) is 0 Å². The molecule has 1 amide bonds. The predicted molar refractivity (Wildman–Crippen MR) is 62.5 cm³/mol. The summed E-state index contributed by atoms with van der Waals surface area (Å²) in [7, 11) is 1.13. The molecule has 21 heavy (non-hydrogen) atoms. The normalized spacial score (nSPS) is 12.6. The van der Waals surface area contributed by atoms with Crippen LogP contribution >= 0.6 is 0 Å². The van der Waals surface area contributed by atoms with Crippen molar-refractivity contribution in [2.45, 2.75) is 18.6 Å². The van der Waals surface area contributed by atoms with Gasteiger partial charge in [0.25, 0.3) is 5.91 Å². The average Bonchev–Trinajstić information content (AvgIpc) is 2.35. The standard InChI is InChI=1S/C12H11F4NO4/c1-21-8-4-2-3-6(13)9(8)10(18)17-7(11(19)20)5-12(14,15)16/h2-4,7H,5H2,1H3,(H,17,18)(H,19,20). The van der Waals surface area contributed by atoms with Gasteiger partial charge in [-0.05, 0) is 12.1 Å². The maximum absolute atomic E-state index is 13.6. The number of hydrogen-bond donors (Lipinski definition) is 2. The number of nitrogens with one attached hydrogen (secondary N) is 1. The van der Waals surface area contributed by atoms with Crippen LogP contribution in [-0.4, -0.2) is 36.3 Å². The molecule has 0 aromatic heterocycles. The van der Waals surface area contributed by atoms with Crippen LogP contribution in [0.5, 0.6) is 5.75 Å². The Morgan fingerprint density at radius 3 is 2.48 bits per heavy atom. The van der Waals surface area contributed by atoms with Gasteiger partial charge in [-0.3, -0.25) is 4.79 Å². The molecule has 9 heteroatoms. The monoisotopic (exact) mass is 309 g/mol. The van der Waals surface area contributed by atoms with E-state index in [-0.39, 0.29) is 5.75 Å². The first-order valence-corrected chi connectivity index (χ1v) is 5.58. The van der Waals surface area contributed by atoms with Crippen molar-refractivity contribution in [3.63, 3.8) is 0 Å². The molecule has 0 aliphatic heterocycles. The molecule has 1 atom stereocenters. The molecule has 0 spiro atoms. The average molecular weight is 309 g/mol. The van der Waals surface area contributed by atoms with Crippen molar-refractivity contribution >= 4 is 11.9 Å². The molecule has 2 N–H and O–H groups in total. The van der Waals surface area contributed by atoms with Gasteiger partial charge in [0.2, 0.25) is 0 Å². The molecule has 0 radical (unpaired) electrons.